The van der Waals surface area contributed by atoms with Gasteiger partial charge in [0.25, 0.3) is 0 Å². The molecule has 0 spiro atoms. The highest BCUT2D eigenvalue weighted by Gasteiger charge is 2.26. The van der Waals surface area contributed by atoms with Crippen LogP contribution in [0.1, 0.15) is 35.2 Å². The summed E-state index contributed by atoms with van der Waals surface area (Å²) in [4.78, 5) is 11.6. The number of benzene rings is 1. The summed E-state index contributed by atoms with van der Waals surface area (Å²) in [6.07, 6.45) is 2.49. The molecule has 1 saturated carbocycles. The number of Topliss-reactive ketones (excluding diaryl/α,β-unsaturated/α-hetero) is 1. The Balaban J connectivity index is 2.25. The highest BCUT2D eigenvalue weighted by atomic mass is 19.1. The molecular formula is C12H12F2O. The second-order valence-corrected chi connectivity index (χ2v) is 4.15. The SMILES string of the molecule is Cc1cc(C(=O)CC2CC2)c(F)cc1F. The van der Waals surface area contributed by atoms with Crippen molar-refractivity contribution in [2.24, 2.45) is 5.92 Å². The number of hydrogen-bond donors (Lipinski definition) is 0. The Kier molecular flexibility index (Phi) is 2.55. The van der Waals surface area contributed by atoms with Gasteiger partial charge in [0, 0.05) is 12.5 Å². The lowest BCUT2D eigenvalue weighted by Crippen LogP contribution is -2.05. The predicted octanol–water partition coefficient (Wildman–Crippen LogP) is 3.26. The topological polar surface area (TPSA) is 17.1 Å². The lowest BCUT2D eigenvalue weighted by molar-refractivity contribution is 0.0972. The number of carbonyl (C=O) groups excluding carboxylic acids is 1. The Morgan fingerprint density at radius 1 is 1.33 bits per heavy atom. The van der Waals surface area contributed by atoms with E-state index in [4.69, 9.17) is 0 Å². The van der Waals surface area contributed by atoms with E-state index in [1.165, 1.54) is 13.0 Å². The molecule has 1 aliphatic rings. The van der Waals surface area contributed by atoms with Gasteiger partial charge in [0.1, 0.15) is 11.6 Å². The van der Waals surface area contributed by atoms with Crippen LogP contribution in [-0.2, 0) is 0 Å². The van der Waals surface area contributed by atoms with E-state index in [9.17, 15) is 13.6 Å². The van der Waals surface area contributed by atoms with Crippen molar-refractivity contribution in [1.82, 2.24) is 0 Å². The van der Waals surface area contributed by atoms with Crippen molar-refractivity contribution >= 4 is 5.78 Å². The third-order valence-electron chi connectivity index (χ3n) is 2.72. The molecule has 0 radical (unpaired) electrons. The standard InChI is InChI=1S/C12H12F2O/c1-7-4-9(11(14)6-10(7)13)12(15)5-8-2-3-8/h4,6,8H,2-3,5H2,1H3. The molecule has 2 rings (SSSR count). The zero-order valence-corrected chi connectivity index (χ0v) is 8.52. The summed E-state index contributed by atoms with van der Waals surface area (Å²) >= 11 is 0. The molecule has 1 fully saturated rings. The van der Waals surface area contributed by atoms with E-state index in [0.717, 1.165) is 18.9 Å². The van der Waals surface area contributed by atoms with Crippen LogP contribution < -0.4 is 0 Å². The Morgan fingerprint density at radius 3 is 2.60 bits per heavy atom. The second kappa shape index (κ2) is 3.72. The zero-order valence-electron chi connectivity index (χ0n) is 8.52. The molecule has 80 valence electrons. The molecule has 0 bridgehead atoms. The van der Waals surface area contributed by atoms with Crippen LogP contribution in [0.15, 0.2) is 12.1 Å². The first-order valence-electron chi connectivity index (χ1n) is 5.07. The first kappa shape index (κ1) is 10.3. The maximum atomic E-state index is 13.3. The monoisotopic (exact) mass is 210 g/mol. The Bertz CT molecular complexity index is 408. The minimum absolute atomic E-state index is 0.0285. The summed E-state index contributed by atoms with van der Waals surface area (Å²) in [5.74, 6) is -1.14. The molecule has 1 aromatic carbocycles. The van der Waals surface area contributed by atoms with Crippen LogP contribution in [0.4, 0.5) is 8.78 Å². The highest BCUT2D eigenvalue weighted by molar-refractivity contribution is 5.96. The molecule has 3 heteroatoms. The van der Waals surface area contributed by atoms with Crippen molar-refractivity contribution in [1.29, 1.82) is 0 Å². The summed E-state index contributed by atoms with van der Waals surface area (Å²) in [7, 11) is 0. The summed E-state index contributed by atoms with van der Waals surface area (Å²) in [5.41, 5.74) is 0.344. The van der Waals surface area contributed by atoms with Crippen LogP contribution >= 0.6 is 0 Å². The molecule has 0 saturated heterocycles. The van der Waals surface area contributed by atoms with Crippen molar-refractivity contribution in [3.8, 4) is 0 Å². The van der Waals surface area contributed by atoms with Crippen molar-refractivity contribution in [2.45, 2.75) is 26.2 Å². The molecule has 1 aromatic rings. The van der Waals surface area contributed by atoms with Gasteiger partial charge in [-0.1, -0.05) is 0 Å². The third-order valence-corrected chi connectivity index (χ3v) is 2.72. The molecule has 1 nitrogen and oxygen atoms in total. The van der Waals surface area contributed by atoms with Crippen LogP contribution in [0.2, 0.25) is 0 Å². The number of carbonyl (C=O) groups is 1. The van der Waals surface area contributed by atoms with Gasteiger partial charge in [-0.05, 0) is 37.3 Å². The molecule has 0 amide bonds. The van der Waals surface area contributed by atoms with E-state index in [0.29, 0.717) is 17.9 Å². The number of halogens is 2. The van der Waals surface area contributed by atoms with Crippen molar-refractivity contribution in [3.63, 3.8) is 0 Å². The van der Waals surface area contributed by atoms with Gasteiger partial charge in [0.15, 0.2) is 5.78 Å². The maximum Gasteiger partial charge on any atom is 0.166 e. The number of ketones is 1. The largest absolute Gasteiger partial charge is 0.294 e. The van der Waals surface area contributed by atoms with E-state index < -0.39 is 11.6 Å². The molecule has 0 heterocycles. The molecule has 0 unspecified atom stereocenters. The van der Waals surface area contributed by atoms with Gasteiger partial charge < -0.3 is 0 Å². The average molecular weight is 210 g/mol. The van der Waals surface area contributed by atoms with Crippen molar-refractivity contribution in [2.75, 3.05) is 0 Å². The number of aryl methyl sites for hydroxylation is 1. The molecule has 0 aliphatic heterocycles. The smallest absolute Gasteiger partial charge is 0.166 e. The van der Waals surface area contributed by atoms with E-state index in [2.05, 4.69) is 0 Å². The van der Waals surface area contributed by atoms with E-state index in [1.54, 1.807) is 0 Å². The van der Waals surface area contributed by atoms with Crippen LogP contribution in [-0.4, -0.2) is 5.78 Å². The quantitative estimate of drug-likeness (QED) is 0.700. The predicted molar refractivity (Wildman–Crippen MR) is 52.8 cm³/mol. The lowest BCUT2D eigenvalue weighted by atomic mass is 10.0. The normalized spacial score (nSPS) is 15.4. The Hall–Kier alpha value is -1.25. The molecule has 0 atom stereocenters. The van der Waals surface area contributed by atoms with Gasteiger partial charge in [-0.15, -0.1) is 0 Å². The minimum Gasteiger partial charge on any atom is -0.294 e. The lowest BCUT2D eigenvalue weighted by Gasteiger charge is -2.04. The van der Waals surface area contributed by atoms with Gasteiger partial charge in [0.05, 0.1) is 5.56 Å². The zero-order chi connectivity index (χ0) is 11.0. The van der Waals surface area contributed by atoms with Gasteiger partial charge >= 0.3 is 0 Å². The van der Waals surface area contributed by atoms with E-state index >= 15 is 0 Å². The van der Waals surface area contributed by atoms with Crippen LogP contribution in [0.5, 0.6) is 0 Å². The molecule has 1 aliphatic carbocycles. The van der Waals surface area contributed by atoms with Gasteiger partial charge in [0.2, 0.25) is 0 Å². The van der Waals surface area contributed by atoms with Crippen LogP contribution in [0, 0.1) is 24.5 Å². The van der Waals surface area contributed by atoms with Crippen LogP contribution in [0.25, 0.3) is 0 Å². The van der Waals surface area contributed by atoms with Crippen molar-refractivity contribution < 1.29 is 13.6 Å². The summed E-state index contributed by atoms with van der Waals surface area (Å²) in [6, 6.07) is 2.09. The van der Waals surface area contributed by atoms with E-state index in [-0.39, 0.29) is 11.3 Å². The molecular weight excluding hydrogens is 198 g/mol. The Labute approximate surface area is 87.1 Å². The first-order valence-corrected chi connectivity index (χ1v) is 5.07. The first-order chi connectivity index (χ1) is 7.08. The molecule has 15 heavy (non-hydrogen) atoms. The van der Waals surface area contributed by atoms with Gasteiger partial charge in [-0.3, -0.25) is 4.79 Å². The second-order valence-electron chi connectivity index (χ2n) is 4.15. The summed E-state index contributed by atoms with van der Waals surface area (Å²) in [6.45, 7) is 1.53. The maximum absolute atomic E-state index is 13.3. The summed E-state index contributed by atoms with van der Waals surface area (Å²) < 4.78 is 26.2. The molecule has 0 aromatic heterocycles. The van der Waals surface area contributed by atoms with Gasteiger partial charge in [-0.2, -0.15) is 0 Å². The van der Waals surface area contributed by atoms with E-state index in [1.807, 2.05) is 0 Å². The average Bonchev–Trinajstić information content (AvgIpc) is 2.95. The highest BCUT2D eigenvalue weighted by Crippen LogP contribution is 2.33. The van der Waals surface area contributed by atoms with Crippen molar-refractivity contribution in [3.05, 3.63) is 34.9 Å². The molecule has 0 N–H and O–H groups in total. The Morgan fingerprint density at radius 2 is 2.00 bits per heavy atom. The third kappa shape index (κ3) is 2.22. The summed E-state index contributed by atoms with van der Waals surface area (Å²) in [5, 5.41) is 0. The fourth-order valence-electron chi connectivity index (χ4n) is 1.57. The minimum atomic E-state index is -0.747. The number of rotatable bonds is 3. The van der Waals surface area contributed by atoms with Gasteiger partial charge in [-0.25, -0.2) is 8.78 Å². The number of hydrogen-bond acceptors (Lipinski definition) is 1. The fraction of sp³-hybridized carbons (Fsp3) is 0.417. The van der Waals surface area contributed by atoms with Crippen LogP contribution in [0.3, 0.4) is 0 Å². The fourth-order valence-corrected chi connectivity index (χ4v) is 1.57.